The first-order valence-electron chi connectivity index (χ1n) is 4.43. The molecule has 0 atom stereocenters. The Hall–Kier alpha value is -1.79. The molecule has 3 nitrogen and oxygen atoms in total. The van der Waals surface area contributed by atoms with E-state index in [4.69, 9.17) is 0 Å². The number of primary amides is 1. The highest BCUT2D eigenvalue weighted by Gasteiger charge is 2.33. The third-order valence-corrected chi connectivity index (χ3v) is 1.84. The molecule has 17 heavy (non-hydrogen) atoms. The van der Waals surface area contributed by atoms with E-state index in [0.717, 1.165) is 6.07 Å². The summed E-state index contributed by atoms with van der Waals surface area (Å²) in [6.45, 7) is -0.236. The summed E-state index contributed by atoms with van der Waals surface area (Å²) in [4.78, 5) is 10.2. The lowest BCUT2D eigenvalue weighted by Gasteiger charge is -2.09. The Balaban J connectivity index is 2.72. The van der Waals surface area contributed by atoms with Gasteiger partial charge in [-0.3, -0.25) is 0 Å². The lowest BCUT2D eigenvalue weighted by atomic mass is 10.1. The maximum Gasteiger partial charge on any atom is 0.419 e. The van der Waals surface area contributed by atoms with Gasteiger partial charge in [0, 0.05) is 6.42 Å². The van der Waals surface area contributed by atoms with Crippen LogP contribution < -0.4 is 5.73 Å². The first-order valence-corrected chi connectivity index (χ1v) is 4.43. The summed E-state index contributed by atoms with van der Waals surface area (Å²) in [7, 11) is 0. The minimum atomic E-state index is -4.73. The topological polar surface area (TPSA) is 52.3 Å². The van der Waals surface area contributed by atoms with Gasteiger partial charge in [0.05, 0.1) is 5.56 Å². The molecule has 0 fully saturated rings. The number of carbonyl (C=O) groups is 1. The van der Waals surface area contributed by atoms with E-state index in [0.29, 0.717) is 12.1 Å². The van der Waals surface area contributed by atoms with Crippen LogP contribution in [0.25, 0.3) is 0 Å². The molecule has 0 saturated carbocycles. The van der Waals surface area contributed by atoms with Gasteiger partial charge in [-0.25, -0.2) is 9.18 Å². The summed E-state index contributed by atoms with van der Waals surface area (Å²) in [5.74, 6) is -1.38. The van der Waals surface area contributed by atoms with Crippen LogP contribution in [-0.4, -0.2) is 12.7 Å². The van der Waals surface area contributed by atoms with Gasteiger partial charge in [0.1, 0.15) is 12.4 Å². The van der Waals surface area contributed by atoms with Crippen LogP contribution in [0.2, 0.25) is 0 Å². The van der Waals surface area contributed by atoms with Crippen LogP contribution in [-0.2, 0) is 10.9 Å². The zero-order chi connectivity index (χ0) is 13.1. The summed E-state index contributed by atoms with van der Waals surface area (Å²) < 4.78 is 54.0. The summed E-state index contributed by atoms with van der Waals surface area (Å²) in [5, 5.41) is 0. The molecule has 0 spiro atoms. The number of hydrogen-bond acceptors (Lipinski definition) is 2. The molecule has 1 aromatic rings. The second kappa shape index (κ2) is 5.03. The number of amides is 1. The predicted octanol–water partition coefficient (Wildman–Crippen LogP) is 2.49. The molecule has 0 aromatic heterocycles. The number of nitrogens with two attached hydrogens (primary N) is 1. The van der Waals surface area contributed by atoms with Crippen molar-refractivity contribution in [3.63, 3.8) is 0 Å². The van der Waals surface area contributed by atoms with Crippen molar-refractivity contribution in [2.75, 3.05) is 6.61 Å². The van der Waals surface area contributed by atoms with Crippen LogP contribution in [0.4, 0.5) is 22.4 Å². The lowest BCUT2D eigenvalue weighted by Crippen LogP contribution is -2.14. The van der Waals surface area contributed by atoms with E-state index in [9.17, 15) is 22.4 Å². The molecule has 1 radical (unpaired) electrons. The van der Waals surface area contributed by atoms with E-state index >= 15 is 0 Å². The molecule has 2 N–H and O–H groups in total. The van der Waals surface area contributed by atoms with Gasteiger partial charge < -0.3 is 10.5 Å². The van der Waals surface area contributed by atoms with Crippen molar-refractivity contribution in [3.8, 4) is 0 Å². The average molecular weight is 250 g/mol. The zero-order valence-corrected chi connectivity index (χ0v) is 8.42. The SMILES string of the molecule is NC(=O)OC[CH]c1ccc(C(F)(F)F)c(F)c1. The van der Waals surface area contributed by atoms with E-state index in [-0.39, 0.29) is 12.2 Å². The standard InChI is InChI=1S/C10H8F4NO2/c11-8-5-6(3-4-17-9(15)16)1-2-7(8)10(12,13)14/h1-3,5H,4H2,(H2,15,16). The minimum Gasteiger partial charge on any atom is -0.449 e. The molecule has 0 aliphatic carbocycles. The van der Waals surface area contributed by atoms with Crippen LogP contribution >= 0.6 is 0 Å². The van der Waals surface area contributed by atoms with Crippen molar-refractivity contribution in [2.45, 2.75) is 6.18 Å². The van der Waals surface area contributed by atoms with Crippen LogP contribution in [0.15, 0.2) is 18.2 Å². The molecule has 93 valence electrons. The molecule has 0 bridgehead atoms. The molecule has 0 aliphatic rings. The number of carbonyl (C=O) groups excluding carboxylic acids is 1. The van der Waals surface area contributed by atoms with Crippen molar-refractivity contribution < 1.29 is 27.1 Å². The summed E-state index contributed by atoms with van der Waals surface area (Å²) in [6.07, 6.45) is -4.52. The van der Waals surface area contributed by atoms with E-state index in [1.807, 2.05) is 0 Å². The third kappa shape index (κ3) is 3.93. The molecular weight excluding hydrogens is 242 g/mol. The number of benzene rings is 1. The Morgan fingerprint density at radius 2 is 2.06 bits per heavy atom. The third-order valence-electron chi connectivity index (χ3n) is 1.84. The fourth-order valence-electron chi connectivity index (χ4n) is 1.11. The van der Waals surface area contributed by atoms with Gasteiger partial charge in [0.25, 0.3) is 0 Å². The molecule has 7 heteroatoms. The summed E-state index contributed by atoms with van der Waals surface area (Å²) in [5.41, 5.74) is 3.49. The Kier molecular flexibility index (Phi) is 3.93. The van der Waals surface area contributed by atoms with Gasteiger partial charge in [0.2, 0.25) is 0 Å². The van der Waals surface area contributed by atoms with Gasteiger partial charge in [-0.1, -0.05) is 6.07 Å². The van der Waals surface area contributed by atoms with Crippen LogP contribution in [0, 0.1) is 12.2 Å². The highest BCUT2D eigenvalue weighted by atomic mass is 19.4. The fraction of sp³-hybridized carbons (Fsp3) is 0.200. The summed E-state index contributed by atoms with van der Waals surface area (Å²) >= 11 is 0. The van der Waals surface area contributed by atoms with Gasteiger partial charge in [-0.05, 0) is 17.7 Å². The second-order valence-electron chi connectivity index (χ2n) is 3.07. The van der Waals surface area contributed by atoms with E-state index in [1.165, 1.54) is 6.42 Å². The van der Waals surface area contributed by atoms with Crippen molar-refractivity contribution >= 4 is 6.09 Å². The monoisotopic (exact) mass is 250 g/mol. The van der Waals surface area contributed by atoms with E-state index < -0.39 is 23.7 Å². The molecule has 0 heterocycles. The Labute approximate surface area is 94.2 Å². The minimum absolute atomic E-state index is 0.164. The highest BCUT2D eigenvalue weighted by molar-refractivity contribution is 5.64. The van der Waals surface area contributed by atoms with Crippen molar-refractivity contribution in [2.24, 2.45) is 5.73 Å². The lowest BCUT2D eigenvalue weighted by molar-refractivity contribution is -0.140. The molecule has 0 saturated heterocycles. The second-order valence-corrected chi connectivity index (χ2v) is 3.07. The zero-order valence-electron chi connectivity index (χ0n) is 8.42. The van der Waals surface area contributed by atoms with Crippen molar-refractivity contribution in [1.82, 2.24) is 0 Å². The summed E-state index contributed by atoms with van der Waals surface area (Å²) in [6, 6.07) is 2.38. The smallest absolute Gasteiger partial charge is 0.419 e. The first kappa shape index (κ1) is 13.3. The Morgan fingerprint density at radius 3 is 2.53 bits per heavy atom. The van der Waals surface area contributed by atoms with E-state index in [1.54, 1.807) is 0 Å². The fourth-order valence-corrected chi connectivity index (χ4v) is 1.11. The normalized spacial score (nSPS) is 11.3. The molecule has 1 amide bonds. The Bertz CT molecular complexity index is 417. The number of hydrogen-bond donors (Lipinski definition) is 1. The maximum atomic E-state index is 13.1. The van der Waals surface area contributed by atoms with Gasteiger partial charge in [-0.15, -0.1) is 0 Å². The van der Waals surface area contributed by atoms with Crippen LogP contribution in [0.3, 0.4) is 0 Å². The van der Waals surface area contributed by atoms with Gasteiger partial charge in [0.15, 0.2) is 0 Å². The Morgan fingerprint density at radius 1 is 1.41 bits per heavy atom. The molecule has 0 unspecified atom stereocenters. The van der Waals surface area contributed by atoms with E-state index in [2.05, 4.69) is 10.5 Å². The van der Waals surface area contributed by atoms with Crippen molar-refractivity contribution in [3.05, 3.63) is 41.6 Å². The predicted molar refractivity (Wildman–Crippen MR) is 50.3 cm³/mol. The molecule has 0 aliphatic heterocycles. The van der Waals surface area contributed by atoms with Gasteiger partial charge in [-0.2, -0.15) is 13.2 Å². The highest BCUT2D eigenvalue weighted by Crippen LogP contribution is 2.31. The number of rotatable bonds is 3. The molecule has 1 rings (SSSR count). The maximum absolute atomic E-state index is 13.1. The van der Waals surface area contributed by atoms with Crippen LogP contribution in [0.1, 0.15) is 11.1 Å². The largest absolute Gasteiger partial charge is 0.449 e. The number of alkyl halides is 3. The number of ether oxygens (including phenoxy) is 1. The average Bonchev–Trinajstić information content (AvgIpc) is 2.14. The first-order chi connectivity index (χ1) is 7.80. The van der Waals surface area contributed by atoms with Crippen LogP contribution in [0.5, 0.6) is 0 Å². The van der Waals surface area contributed by atoms with Crippen molar-refractivity contribution in [1.29, 1.82) is 0 Å². The number of halogens is 4. The molecule has 1 aromatic carbocycles. The quantitative estimate of drug-likeness (QED) is 0.838. The van der Waals surface area contributed by atoms with Gasteiger partial charge >= 0.3 is 12.3 Å². The molecular formula is C10H8F4NO2.